The average Bonchev–Trinajstić information content (AvgIpc) is 2.79. The second kappa shape index (κ2) is 13.7. The predicted molar refractivity (Wildman–Crippen MR) is 139 cm³/mol. The average molecular weight is 472 g/mol. The molecule has 0 saturated carbocycles. The van der Waals surface area contributed by atoms with E-state index in [-0.39, 0.29) is 10.7 Å². The Kier molecular flexibility index (Phi) is 11.7. The Morgan fingerprint density at radius 3 is 2.36 bits per heavy atom. The van der Waals surface area contributed by atoms with E-state index in [9.17, 15) is 8.42 Å². The first-order valence-corrected chi connectivity index (χ1v) is 12.3. The highest BCUT2D eigenvalue weighted by molar-refractivity contribution is 7.91. The van der Waals surface area contributed by atoms with Gasteiger partial charge >= 0.3 is 10.1 Å². The highest BCUT2D eigenvalue weighted by Crippen LogP contribution is 2.25. The SMILES string of the molecule is C=C/C=C(OS(=O)(=O)/C(C=C)=C/C=C)\C(CN(C)CCc1cc(OC)ccc1C)=C(/C)CC. The zero-order valence-electron chi connectivity index (χ0n) is 20.6. The molecule has 0 spiro atoms. The lowest BCUT2D eigenvalue weighted by Crippen LogP contribution is -2.26. The summed E-state index contributed by atoms with van der Waals surface area (Å²) in [6.07, 6.45) is 8.68. The maximum Gasteiger partial charge on any atom is 0.339 e. The molecule has 0 aliphatic rings. The van der Waals surface area contributed by atoms with Crippen molar-refractivity contribution >= 4 is 10.1 Å². The molecule has 0 aliphatic carbocycles. The summed E-state index contributed by atoms with van der Waals surface area (Å²) in [7, 11) is -0.391. The van der Waals surface area contributed by atoms with Crippen LogP contribution in [0, 0.1) is 6.92 Å². The first kappa shape index (κ1) is 28.2. The molecule has 0 fully saturated rings. The van der Waals surface area contributed by atoms with E-state index in [1.807, 2.05) is 27.0 Å². The number of rotatable bonds is 14. The lowest BCUT2D eigenvalue weighted by Gasteiger charge is -2.23. The van der Waals surface area contributed by atoms with Crippen molar-refractivity contribution in [2.75, 3.05) is 27.2 Å². The van der Waals surface area contributed by atoms with Gasteiger partial charge in [-0.2, -0.15) is 8.42 Å². The van der Waals surface area contributed by atoms with Crippen molar-refractivity contribution < 1.29 is 17.3 Å². The van der Waals surface area contributed by atoms with Crippen LogP contribution in [0.5, 0.6) is 5.75 Å². The standard InChI is InChI=1S/C27H37NO4S/c1-9-13-25(12-4)33(29,30)32-27(14-10-2)26(21(5)11-3)20-28(7)18-17-23-19-24(31-8)16-15-22(23)6/h9-10,12-16,19H,1-2,4,11,17-18,20H2,3,5-8H3/b25-13+,26-21+,27-14+. The van der Waals surface area contributed by atoms with Crippen molar-refractivity contribution in [1.82, 2.24) is 4.90 Å². The molecular formula is C27H37NO4S. The van der Waals surface area contributed by atoms with Crippen LogP contribution < -0.4 is 4.74 Å². The number of ether oxygens (including phenoxy) is 1. The molecule has 0 unspecified atom stereocenters. The molecule has 0 aromatic heterocycles. The molecule has 0 bridgehead atoms. The van der Waals surface area contributed by atoms with Gasteiger partial charge in [-0.1, -0.05) is 50.5 Å². The summed E-state index contributed by atoms with van der Waals surface area (Å²) >= 11 is 0. The number of likely N-dealkylation sites (N-methyl/N-ethyl adjacent to an activating group) is 1. The topological polar surface area (TPSA) is 55.8 Å². The van der Waals surface area contributed by atoms with Crippen molar-refractivity contribution in [2.24, 2.45) is 0 Å². The number of allylic oxidation sites excluding steroid dienone is 6. The van der Waals surface area contributed by atoms with Crippen LogP contribution in [-0.4, -0.2) is 40.6 Å². The second-order valence-corrected chi connectivity index (χ2v) is 9.25. The fourth-order valence-electron chi connectivity index (χ4n) is 3.16. The monoisotopic (exact) mass is 471 g/mol. The van der Waals surface area contributed by atoms with Crippen molar-refractivity contribution in [1.29, 1.82) is 0 Å². The molecule has 0 atom stereocenters. The molecule has 1 rings (SSSR count). The Morgan fingerprint density at radius 2 is 1.82 bits per heavy atom. The number of nitrogens with zero attached hydrogens (tertiary/aromatic N) is 1. The first-order valence-electron chi connectivity index (χ1n) is 10.9. The van der Waals surface area contributed by atoms with Crippen molar-refractivity contribution in [3.63, 3.8) is 0 Å². The van der Waals surface area contributed by atoms with E-state index in [2.05, 4.69) is 43.7 Å². The maximum absolute atomic E-state index is 12.8. The molecule has 6 heteroatoms. The minimum Gasteiger partial charge on any atom is -0.497 e. The summed E-state index contributed by atoms with van der Waals surface area (Å²) in [5.74, 6) is 1.09. The summed E-state index contributed by atoms with van der Waals surface area (Å²) < 4.78 is 36.5. The third-order valence-corrected chi connectivity index (χ3v) is 6.61. The van der Waals surface area contributed by atoms with Gasteiger partial charge in [0.1, 0.15) is 16.4 Å². The summed E-state index contributed by atoms with van der Waals surface area (Å²) in [4.78, 5) is 2.09. The number of hydrogen-bond acceptors (Lipinski definition) is 5. The summed E-state index contributed by atoms with van der Waals surface area (Å²) in [5.41, 5.74) is 4.27. The lowest BCUT2D eigenvalue weighted by molar-refractivity contribution is 0.349. The van der Waals surface area contributed by atoms with Crippen LogP contribution in [0.25, 0.3) is 0 Å². The fraction of sp³-hybridized carbons (Fsp3) is 0.333. The zero-order valence-corrected chi connectivity index (χ0v) is 21.4. The van der Waals surface area contributed by atoms with Crippen molar-refractivity contribution in [3.8, 4) is 5.75 Å². The van der Waals surface area contributed by atoms with Crippen LogP contribution in [0.4, 0.5) is 0 Å². The van der Waals surface area contributed by atoms with Gasteiger partial charge in [-0.25, -0.2) is 0 Å². The molecule has 1 aromatic carbocycles. The van der Waals surface area contributed by atoms with Crippen LogP contribution in [0.15, 0.2) is 90.1 Å². The Hall–Kier alpha value is -2.83. The normalized spacial score (nSPS) is 13.4. The minimum atomic E-state index is -4.06. The molecule has 5 nitrogen and oxygen atoms in total. The van der Waals surface area contributed by atoms with E-state index >= 15 is 0 Å². The van der Waals surface area contributed by atoms with Gasteiger partial charge < -0.3 is 13.8 Å². The second-order valence-electron chi connectivity index (χ2n) is 7.71. The molecule has 33 heavy (non-hydrogen) atoms. The van der Waals surface area contributed by atoms with Crippen molar-refractivity contribution in [2.45, 2.75) is 33.6 Å². The van der Waals surface area contributed by atoms with Gasteiger partial charge in [0.2, 0.25) is 0 Å². The predicted octanol–water partition coefficient (Wildman–Crippen LogP) is 5.88. The molecule has 0 aliphatic heterocycles. The molecule has 1 aromatic rings. The molecular weight excluding hydrogens is 434 g/mol. The zero-order chi connectivity index (χ0) is 25.0. The first-order chi connectivity index (χ1) is 15.6. The molecule has 0 amide bonds. The number of aryl methyl sites for hydroxylation is 1. The highest BCUT2D eigenvalue weighted by Gasteiger charge is 2.22. The summed E-state index contributed by atoms with van der Waals surface area (Å²) in [6.45, 7) is 18.2. The number of benzene rings is 1. The summed E-state index contributed by atoms with van der Waals surface area (Å²) in [5, 5.41) is 0. The van der Waals surface area contributed by atoms with E-state index in [1.54, 1.807) is 13.2 Å². The highest BCUT2D eigenvalue weighted by atomic mass is 32.2. The maximum atomic E-state index is 12.8. The van der Waals surface area contributed by atoms with Gasteiger partial charge in [0.05, 0.1) is 7.11 Å². The largest absolute Gasteiger partial charge is 0.497 e. The van der Waals surface area contributed by atoms with Crippen LogP contribution in [0.2, 0.25) is 0 Å². The van der Waals surface area contributed by atoms with E-state index in [4.69, 9.17) is 8.92 Å². The van der Waals surface area contributed by atoms with E-state index in [1.165, 1.54) is 35.4 Å². The molecule has 0 saturated heterocycles. The van der Waals surface area contributed by atoms with Crippen molar-refractivity contribution in [3.05, 3.63) is 101 Å². The Balaban J connectivity index is 3.16. The van der Waals surface area contributed by atoms with E-state index in [0.29, 0.717) is 6.54 Å². The Morgan fingerprint density at radius 1 is 1.15 bits per heavy atom. The van der Waals surface area contributed by atoms with Gasteiger partial charge in [0.15, 0.2) is 0 Å². The van der Waals surface area contributed by atoms with Gasteiger partial charge in [-0.05, 0) is 75.2 Å². The Labute approximate surface area is 200 Å². The van der Waals surface area contributed by atoms with Gasteiger partial charge in [0, 0.05) is 18.7 Å². The third kappa shape index (κ3) is 8.56. The van der Waals surface area contributed by atoms with Gasteiger partial charge in [0.25, 0.3) is 0 Å². The van der Waals surface area contributed by atoms with E-state index < -0.39 is 10.1 Å². The summed E-state index contributed by atoms with van der Waals surface area (Å²) in [6, 6.07) is 6.06. The minimum absolute atomic E-state index is 0.0529. The smallest absolute Gasteiger partial charge is 0.339 e. The van der Waals surface area contributed by atoms with Crippen LogP contribution in [0.3, 0.4) is 0 Å². The molecule has 0 N–H and O–H groups in total. The quantitative estimate of drug-likeness (QED) is 0.193. The van der Waals surface area contributed by atoms with Crippen LogP contribution in [0.1, 0.15) is 31.4 Å². The van der Waals surface area contributed by atoms with Gasteiger partial charge in [-0.15, -0.1) is 0 Å². The van der Waals surface area contributed by atoms with E-state index in [0.717, 1.165) is 36.3 Å². The fourth-order valence-corrected chi connectivity index (χ4v) is 4.12. The van der Waals surface area contributed by atoms with Gasteiger partial charge in [-0.3, -0.25) is 0 Å². The van der Waals surface area contributed by atoms with Crippen LogP contribution >= 0.6 is 0 Å². The number of hydrogen-bond donors (Lipinski definition) is 0. The number of methoxy groups -OCH3 is 1. The Bertz CT molecular complexity index is 1050. The molecule has 0 radical (unpaired) electrons. The third-order valence-electron chi connectivity index (χ3n) is 5.33. The molecule has 0 heterocycles. The van der Waals surface area contributed by atoms with Crippen LogP contribution in [-0.2, 0) is 20.7 Å². The lowest BCUT2D eigenvalue weighted by atomic mass is 10.0. The molecule has 180 valence electrons.